The average molecular weight is 386 g/mol. The Labute approximate surface area is 168 Å². The zero-order valence-electron chi connectivity index (χ0n) is 15.8. The Bertz CT molecular complexity index is 1030. The van der Waals surface area contributed by atoms with Gasteiger partial charge in [-0.25, -0.2) is 10.8 Å². The minimum absolute atomic E-state index is 0.452. The van der Waals surface area contributed by atoms with Crippen molar-refractivity contribution < 1.29 is 0 Å². The second-order valence-electron chi connectivity index (χ2n) is 6.37. The number of hydrogen-bond acceptors (Lipinski definition) is 7. The number of para-hydroxylation sites is 1. The SMILES string of the molecule is NNc1nc(Nc2ccccc2)nc(NCCc2cnc[nH]2)c1-c1ccccc1. The summed E-state index contributed by atoms with van der Waals surface area (Å²) in [6, 6.07) is 19.7. The zero-order chi connectivity index (χ0) is 19.9. The molecule has 0 radical (unpaired) electrons. The van der Waals surface area contributed by atoms with E-state index in [0.717, 1.165) is 28.9 Å². The third-order valence-corrected chi connectivity index (χ3v) is 4.38. The molecule has 4 aromatic rings. The van der Waals surface area contributed by atoms with Crippen LogP contribution in [-0.4, -0.2) is 26.5 Å². The monoisotopic (exact) mass is 386 g/mol. The van der Waals surface area contributed by atoms with Crippen LogP contribution in [0.4, 0.5) is 23.3 Å². The molecule has 0 spiro atoms. The first kappa shape index (κ1) is 18.5. The molecule has 2 heterocycles. The minimum Gasteiger partial charge on any atom is -0.369 e. The van der Waals surface area contributed by atoms with Crippen molar-refractivity contribution in [1.29, 1.82) is 0 Å². The van der Waals surface area contributed by atoms with Crippen molar-refractivity contribution >= 4 is 23.3 Å². The van der Waals surface area contributed by atoms with Gasteiger partial charge in [0.25, 0.3) is 0 Å². The molecule has 0 amide bonds. The lowest BCUT2D eigenvalue weighted by Crippen LogP contribution is -2.15. The summed E-state index contributed by atoms with van der Waals surface area (Å²) in [6.07, 6.45) is 4.27. The van der Waals surface area contributed by atoms with E-state index in [1.807, 2.05) is 66.9 Å². The van der Waals surface area contributed by atoms with E-state index >= 15 is 0 Å². The molecular weight excluding hydrogens is 364 g/mol. The van der Waals surface area contributed by atoms with Gasteiger partial charge in [-0.1, -0.05) is 48.5 Å². The van der Waals surface area contributed by atoms with Gasteiger partial charge in [0, 0.05) is 30.5 Å². The quantitative estimate of drug-likeness (QED) is 0.232. The molecule has 8 nitrogen and oxygen atoms in total. The van der Waals surface area contributed by atoms with Gasteiger partial charge in [-0.3, -0.25) is 0 Å². The van der Waals surface area contributed by atoms with Gasteiger partial charge < -0.3 is 21.0 Å². The fourth-order valence-electron chi connectivity index (χ4n) is 3.01. The highest BCUT2D eigenvalue weighted by atomic mass is 15.3. The molecule has 0 aliphatic rings. The summed E-state index contributed by atoms with van der Waals surface area (Å²) in [4.78, 5) is 16.4. The number of H-pyrrole nitrogens is 1. The van der Waals surface area contributed by atoms with Gasteiger partial charge in [-0.2, -0.15) is 9.97 Å². The number of benzene rings is 2. The normalized spacial score (nSPS) is 10.5. The number of hydrazine groups is 1. The van der Waals surface area contributed by atoms with Crippen LogP contribution in [0.5, 0.6) is 0 Å². The van der Waals surface area contributed by atoms with Gasteiger partial charge in [0.15, 0.2) is 5.82 Å². The topological polar surface area (TPSA) is 117 Å². The third-order valence-electron chi connectivity index (χ3n) is 4.38. The van der Waals surface area contributed by atoms with Crippen molar-refractivity contribution in [3.05, 3.63) is 78.9 Å². The van der Waals surface area contributed by atoms with E-state index in [4.69, 9.17) is 10.8 Å². The van der Waals surface area contributed by atoms with Crippen LogP contribution in [0, 0.1) is 0 Å². The Morgan fingerprint density at radius 1 is 0.897 bits per heavy atom. The Balaban J connectivity index is 1.68. The number of nitrogens with one attached hydrogen (secondary N) is 4. The fourth-order valence-corrected chi connectivity index (χ4v) is 3.01. The summed E-state index contributed by atoms with van der Waals surface area (Å²) in [6.45, 7) is 0.674. The van der Waals surface area contributed by atoms with Crippen LogP contribution in [0.1, 0.15) is 5.69 Å². The van der Waals surface area contributed by atoms with Crippen molar-refractivity contribution in [2.45, 2.75) is 6.42 Å². The van der Waals surface area contributed by atoms with Crippen LogP contribution in [0.2, 0.25) is 0 Å². The van der Waals surface area contributed by atoms with Crippen LogP contribution >= 0.6 is 0 Å². The van der Waals surface area contributed by atoms with E-state index in [2.05, 4.69) is 31.0 Å². The molecule has 29 heavy (non-hydrogen) atoms. The number of aromatic amines is 1. The van der Waals surface area contributed by atoms with Gasteiger partial charge in [0.1, 0.15) is 5.82 Å². The molecule has 8 heteroatoms. The lowest BCUT2D eigenvalue weighted by Gasteiger charge is -2.17. The molecule has 0 unspecified atom stereocenters. The molecule has 0 fully saturated rings. The second kappa shape index (κ2) is 8.85. The summed E-state index contributed by atoms with van der Waals surface area (Å²) in [5.74, 6) is 7.50. The van der Waals surface area contributed by atoms with Gasteiger partial charge in [0.2, 0.25) is 5.95 Å². The van der Waals surface area contributed by atoms with Gasteiger partial charge >= 0.3 is 0 Å². The largest absolute Gasteiger partial charge is 0.369 e. The first-order valence-corrected chi connectivity index (χ1v) is 9.31. The van der Waals surface area contributed by atoms with Crippen LogP contribution in [0.3, 0.4) is 0 Å². The molecule has 4 rings (SSSR count). The standard InChI is InChI=1S/C21H22N8/c22-29-20-18(15-7-3-1-4-8-15)19(24-12-11-17-13-23-14-25-17)27-21(28-20)26-16-9-5-2-6-10-16/h1-10,13-14H,11-12,22H2,(H,23,25)(H3,24,26,27,28,29). The molecule has 0 saturated heterocycles. The van der Waals surface area contributed by atoms with E-state index < -0.39 is 0 Å². The van der Waals surface area contributed by atoms with E-state index in [1.165, 1.54) is 0 Å². The van der Waals surface area contributed by atoms with E-state index in [-0.39, 0.29) is 0 Å². The highest BCUT2D eigenvalue weighted by Gasteiger charge is 2.16. The molecule has 0 aliphatic carbocycles. The van der Waals surface area contributed by atoms with Crippen molar-refractivity contribution in [2.24, 2.45) is 5.84 Å². The number of aromatic nitrogens is 4. The third kappa shape index (κ3) is 4.50. The van der Waals surface area contributed by atoms with Crippen LogP contribution in [-0.2, 0) is 6.42 Å². The molecule has 0 atom stereocenters. The summed E-state index contributed by atoms with van der Waals surface area (Å²) in [7, 11) is 0. The molecule has 2 aromatic carbocycles. The van der Waals surface area contributed by atoms with E-state index in [1.54, 1.807) is 6.33 Å². The minimum atomic E-state index is 0.452. The first-order valence-electron chi connectivity index (χ1n) is 9.31. The number of imidazole rings is 1. The summed E-state index contributed by atoms with van der Waals surface area (Å²) in [5, 5.41) is 6.64. The summed E-state index contributed by atoms with van der Waals surface area (Å²) in [5.41, 5.74) is 6.45. The zero-order valence-corrected chi connectivity index (χ0v) is 15.8. The molecule has 146 valence electrons. The van der Waals surface area contributed by atoms with E-state index in [0.29, 0.717) is 24.1 Å². The van der Waals surface area contributed by atoms with Crippen molar-refractivity contribution in [3.8, 4) is 11.1 Å². The molecule has 2 aromatic heterocycles. The maximum atomic E-state index is 5.82. The smallest absolute Gasteiger partial charge is 0.231 e. The predicted molar refractivity (Wildman–Crippen MR) is 116 cm³/mol. The number of anilines is 4. The number of nitrogens with two attached hydrogens (primary N) is 1. The Morgan fingerprint density at radius 2 is 1.62 bits per heavy atom. The second-order valence-corrected chi connectivity index (χ2v) is 6.37. The van der Waals surface area contributed by atoms with Gasteiger partial charge in [-0.15, -0.1) is 0 Å². The molecule has 0 aliphatic heterocycles. The van der Waals surface area contributed by atoms with Gasteiger partial charge in [0.05, 0.1) is 11.9 Å². The lowest BCUT2D eigenvalue weighted by atomic mass is 10.1. The Hall–Kier alpha value is -3.91. The number of rotatable bonds is 8. The predicted octanol–water partition coefficient (Wildman–Crippen LogP) is 3.55. The Morgan fingerprint density at radius 3 is 2.31 bits per heavy atom. The molecular formula is C21H22N8. The van der Waals surface area contributed by atoms with Crippen molar-refractivity contribution in [3.63, 3.8) is 0 Å². The van der Waals surface area contributed by atoms with Crippen LogP contribution in [0.15, 0.2) is 73.2 Å². The lowest BCUT2D eigenvalue weighted by molar-refractivity contribution is 0.965. The Kier molecular flexibility index (Phi) is 5.63. The van der Waals surface area contributed by atoms with Crippen molar-refractivity contribution in [2.75, 3.05) is 22.6 Å². The molecule has 0 bridgehead atoms. The highest BCUT2D eigenvalue weighted by Crippen LogP contribution is 2.34. The van der Waals surface area contributed by atoms with Gasteiger partial charge in [-0.05, 0) is 17.7 Å². The number of hydrogen-bond donors (Lipinski definition) is 5. The molecule has 0 saturated carbocycles. The first-order chi connectivity index (χ1) is 14.3. The maximum absolute atomic E-state index is 5.82. The van der Waals surface area contributed by atoms with E-state index in [9.17, 15) is 0 Å². The fraction of sp³-hybridized carbons (Fsp3) is 0.0952. The molecule has 6 N–H and O–H groups in total. The average Bonchev–Trinajstić information content (AvgIpc) is 3.28. The summed E-state index contributed by atoms with van der Waals surface area (Å²) < 4.78 is 0. The highest BCUT2D eigenvalue weighted by molar-refractivity contribution is 5.85. The maximum Gasteiger partial charge on any atom is 0.231 e. The van der Waals surface area contributed by atoms with Crippen LogP contribution < -0.4 is 21.9 Å². The number of nitrogens with zero attached hydrogens (tertiary/aromatic N) is 3. The van der Waals surface area contributed by atoms with Crippen LogP contribution in [0.25, 0.3) is 11.1 Å². The van der Waals surface area contributed by atoms with Crippen molar-refractivity contribution in [1.82, 2.24) is 19.9 Å². The summed E-state index contributed by atoms with van der Waals surface area (Å²) >= 11 is 0. The number of nitrogen functional groups attached to an aromatic ring is 1.